The first-order valence-corrected chi connectivity index (χ1v) is 8.71. The maximum Gasteiger partial charge on any atom is 0.191 e. The second kappa shape index (κ2) is 10.3. The molecule has 8 heteroatoms. The normalized spacial score (nSPS) is 12.2. The van der Waals surface area contributed by atoms with E-state index < -0.39 is 0 Å². The van der Waals surface area contributed by atoms with Gasteiger partial charge in [-0.1, -0.05) is 41.9 Å². The highest BCUT2D eigenvalue weighted by Gasteiger charge is 2.08. The molecule has 0 aliphatic carbocycles. The van der Waals surface area contributed by atoms with Crippen molar-refractivity contribution in [3.8, 4) is 11.4 Å². The van der Waals surface area contributed by atoms with E-state index in [-0.39, 0.29) is 30.0 Å². The molecule has 3 rings (SSSR count). The summed E-state index contributed by atoms with van der Waals surface area (Å²) >= 11 is 6.07. The van der Waals surface area contributed by atoms with E-state index in [0.29, 0.717) is 6.54 Å². The Labute approximate surface area is 180 Å². The zero-order valence-corrected chi connectivity index (χ0v) is 18.2. The van der Waals surface area contributed by atoms with Crippen molar-refractivity contribution in [2.75, 3.05) is 7.05 Å². The Kier molecular flexibility index (Phi) is 8.05. The first kappa shape index (κ1) is 21.2. The number of nitrogens with one attached hydrogen (secondary N) is 3. The highest BCUT2D eigenvalue weighted by molar-refractivity contribution is 14.0. The van der Waals surface area contributed by atoms with Gasteiger partial charge < -0.3 is 10.6 Å². The quantitative estimate of drug-likeness (QED) is 0.281. The van der Waals surface area contributed by atoms with E-state index in [0.717, 1.165) is 33.5 Å². The second-order valence-corrected chi connectivity index (χ2v) is 6.32. The van der Waals surface area contributed by atoms with E-state index in [2.05, 4.69) is 49.9 Å². The van der Waals surface area contributed by atoms with Crippen LogP contribution in [0, 0.1) is 0 Å². The van der Waals surface area contributed by atoms with Crippen LogP contribution in [0.25, 0.3) is 11.4 Å². The summed E-state index contributed by atoms with van der Waals surface area (Å²) in [5, 5.41) is 14.2. The molecule has 1 unspecified atom stereocenters. The van der Waals surface area contributed by atoms with Gasteiger partial charge in [0, 0.05) is 24.2 Å². The third-order valence-corrected chi connectivity index (χ3v) is 4.24. The first-order valence-electron chi connectivity index (χ1n) is 8.33. The van der Waals surface area contributed by atoms with Crippen LogP contribution >= 0.6 is 35.6 Å². The predicted molar refractivity (Wildman–Crippen MR) is 120 cm³/mol. The SMILES string of the molecule is CN=C(NCc1cccc(-c2ncn[nH]2)c1)NC(C)c1cccc(Cl)c1.I. The molecule has 0 saturated carbocycles. The molecule has 0 aliphatic rings. The van der Waals surface area contributed by atoms with Crippen molar-refractivity contribution in [1.29, 1.82) is 0 Å². The van der Waals surface area contributed by atoms with Crippen LogP contribution in [-0.2, 0) is 6.54 Å². The van der Waals surface area contributed by atoms with E-state index >= 15 is 0 Å². The van der Waals surface area contributed by atoms with Crippen LogP contribution in [0.1, 0.15) is 24.1 Å². The summed E-state index contributed by atoms with van der Waals surface area (Å²) in [6.45, 7) is 2.72. The van der Waals surface area contributed by atoms with Gasteiger partial charge in [-0.3, -0.25) is 10.1 Å². The molecule has 1 atom stereocenters. The number of aliphatic imine (C=N–C) groups is 1. The molecule has 0 aliphatic heterocycles. The number of H-pyrrole nitrogens is 1. The standard InChI is InChI=1S/C19H21ClN6.HI/c1-13(15-6-4-8-17(20)10-15)25-19(21-2)22-11-14-5-3-7-16(9-14)18-23-12-24-26-18;/h3-10,12-13H,11H2,1-2H3,(H2,21,22,25)(H,23,24,26);1H. The fourth-order valence-corrected chi connectivity index (χ4v) is 2.82. The maximum absolute atomic E-state index is 6.07. The summed E-state index contributed by atoms with van der Waals surface area (Å²) in [5.41, 5.74) is 3.22. The molecule has 1 heterocycles. The van der Waals surface area contributed by atoms with Gasteiger partial charge in [0.1, 0.15) is 6.33 Å². The Morgan fingerprint density at radius 3 is 2.74 bits per heavy atom. The van der Waals surface area contributed by atoms with Gasteiger partial charge in [-0.2, -0.15) is 5.10 Å². The van der Waals surface area contributed by atoms with Gasteiger partial charge in [0.05, 0.1) is 6.04 Å². The number of aromatic amines is 1. The summed E-state index contributed by atoms with van der Waals surface area (Å²) in [7, 11) is 1.75. The summed E-state index contributed by atoms with van der Waals surface area (Å²) in [4.78, 5) is 8.48. The number of rotatable bonds is 5. The van der Waals surface area contributed by atoms with Crippen molar-refractivity contribution in [2.24, 2.45) is 4.99 Å². The molecule has 2 aromatic carbocycles. The van der Waals surface area contributed by atoms with Crippen LogP contribution < -0.4 is 10.6 Å². The number of nitrogens with zero attached hydrogens (tertiary/aromatic N) is 3. The minimum Gasteiger partial charge on any atom is -0.352 e. The van der Waals surface area contributed by atoms with Crippen LogP contribution in [0.3, 0.4) is 0 Å². The Morgan fingerprint density at radius 2 is 2.04 bits per heavy atom. The predicted octanol–water partition coefficient (Wildman–Crippen LogP) is 4.17. The van der Waals surface area contributed by atoms with E-state index in [9.17, 15) is 0 Å². The Morgan fingerprint density at radius 1 is 1.22 bits per heavy atom. The molecule has 142 valence electrons. The third-order valence-electron chi connectivity index (χ3n) is 4.00. The Balaban J connectivity index is 0.00000261. The third kappa shape index (κ3) is 5.93. The van der Waals surface area contributed by atoms with Crippen molar-refractivity contribution < 1.29 is 0 Å². The smallest absolute Gasteiger partial charge is 0.191 e. The fourth-order valence-electron chi connectivity index (χ4n) is 2.62. The average molecular weight is 497 g/mol. The van der Waals surface area contributed by atoms with Gasteiger partial charge in [0.2, 0.25) is 0 Å². The highest BCUT2D eigenvalue weighted by Crippen LogP contribution is 2.17. The zero-order chi connectivity index (χ0) is 18.4. The fraction of sp³-hybridized carbons (Fsp3) is 0.211. The molecule has 0 spiro atoms. The van der Waals surface area contributed by atoms with Gasteiger partial charge >= 0.3 is 0 Å². The maximum atomic E-state index is 6.07. The molecule has 6 nitrogen and oxygen atoms in total. The second-order valence-electron chi connectivity index (χ2n) is 5.88. The molecule has 3 aromatic rings. The number of guanidine groups is 1. The van der Waals surface area contributed by atoms with E-state index in [1.54, 1.807) is 7.05 Å². The van der Waals surface area contributed by atoms with Gasteiger partial charge in [-0.05, 0) is 36.2 Å². The van der Waals surface area contributed by atoms with Crippen LogP contribution in [0.2, 0.25) is 5.02 Å². The van der Waals surface area contributed by atoms with Gasteiger partial charge in [0.15, 0.2) is 11.8 Å². The molecule has 0 radical (unpaired) electrons. The lowest BCUT2D eigenvalue weighted by Crippen LogP contribution is -2.38. The lowest BCUT2D eigenvalue weighted by atomic mass is 10.1. The van der Waals surface area contributed by atoms with E-state index in [1.807, 2.05) is 36.4 Å². The largest absolute Gasteiger partial charge is 0.352 e. The van der Waals surface area contributed by atoms with Crippen LogP contribution in [-0.4, -0.2) is 28.2 Å². The molecule has 3 N–H and O–H groups in total. The molecule has 0 fully saturated rings. The summed E-state index contributed by atoms with van der Waals surface area (Å²) in [6.07, 6.45) is 1.50. The van der Waals surface area contributed by atoms with Crippen molar-refractivity contribution in [3.05, 3.63) is 71.0 Å². The molecule has 0 bridgehead atoms. The highest BCUT2D eigenvalue weighted by atomic mass is 127. The van der Waals surface area contributed by atoms with Crippen LogP contribution in [0.4, 0.5) is 0 Å². The van der Waals surface area contributed by atoms with Gasteiger partial charge in [-0.25, -0.2) is 4.98 Å². The van der Waals surface area contributed by atoms with Gasteiger partial charge in [0.25, 0.3) is 0 Å². The van der Waals surface area contributed by atoms with E-state index in [1.165, 1.54) is 6.33 Å². The van der Waals surface area contributed by atoms with Gasteiger partial charge in [-0.15, -0.1) is 24.0 Å². The molecular formula is C19H22ClIN6. The first-order chi connectivity index (χ1) is 12.7. The Hall–Kier alpha value is -2.13. The summed E-state index contributed by atoms with van der Waals surface area (Å²) in [5.74, 6) is 1.48. The number of halogens is 2. The summed E-state index contributed by atoms with van der Waals surface area (Å²) < 4.78 is 0. The lowest BCUT2D eigenvalue weighted by Gasteiger charge is -2.18. The number of aromatic nitrogens is 3. The van der Waals surface area contributed by atoms with Crippen LogP contribution in [0.15, 0.2) is 59.9 Å². The summed E-state index contributed by atoms with van der Waals surface area (Å²) in [6, 6.07) is 16.0. The van der Waals surface area contributed by atoms with Crippen molar-refractivity contribution >= 4 is 41.5 Å². The molecule has 0 saturated heterocycles. The monoisotopic (exact) mass is 496 g/mol. The molecule has 1 aromatic heterocycles. The average Bonchev–Trinajstić information content (AvgIpc) is 3.20. The van der Waals surface area contributed by atoms with E-state index in [4.69, 9.17) is 11.6 Å². The van der Waals surface area contributed by atoms with Crippen molar-refractivity contribution in [1.82, 2.24) is 25.8 Å². The molecular weight excluding hydrogens is 475 g/mol. The molecule has 27 heavy (non-hydrogen) atoms. The minimum absolute atomic E-state index is 0. The molecule has 0 amide bonds. The Bertz CT molecular complexity index is 881. The topological polar surface area (TPSA) is 78.0 Å². The van der Waals surface area contributed by atoms with Crippen LogP contribution in [0.5, 0.6) is 0 Å². The van der Waals surface area contributed by atoms with Crippen molar-refractivity contribution in [2.45, 2.75) is 19.5 Å². The zero-order valence-electron chi connectivity index (χ0n) is 15.1. The minimum atomic E-state index is 0. The number of hydrogen-bond donors (Lipinski definition) is 3. The number of benzene rings is 2. The lowest BCUT2D eigenvalue weighted by molar-refractivity contribution is 0.685. The number of hydrogen-bond acceptors (Lipinski definition) is 3. The van der Waals surface area contributed by atoms with Crippen molar-refractivity contribution in [3.63, 3.8) is 0 Å².